The number of halogens is 2. The van der Waals surface area contributed by atoms with Crippen LogP contribution in [0.25, 0.3) is 43.2 Å². The summed E-state index contributed by atoms with van der Waals surface area (Å²) in [5, 5.41) is 32.1. The van der Waals surface area contributed by atoms with E-state index >= 15 is 4.39 Å². The van der Waals surface area contributed by atoms with Crippen molar-refractivity contribution < 1.29 is 62.3 Å². The Balaban J connectivity index is 0.723. The number of thiazole rings is 1. The molecule has 4 heterocycles. The molecular weight excluding hydrogens is 1190 g/mol. The van der Waals surface area contributed by atoms with Gasteiger partial charge in [-0.15, -0.1) is 11.3 Å². The molecule has 0 saturated carbocycles. The number of β-amino-alcohol motifs (C(OH)–C–C–N with tert-alkyl or cyclic N) is 1. The summed E-state index contributed by atoms with van der Waals surface area (Å²) in [6, 6.07) is 17.5. The van der Waals surface area contributed by atoms with Crippen molar-refractivity contribution in [1.29, 1.82) is 0 Å². The Morgan fingerprint density at radius 2 is 1.52 bits per heavy atom. The van der Waals surface area contributed by atoms with Crippen LogP contribution in [0.5, 0.6) is 5.75 Å². The van der Waals surface area contributed by atoms with E-state index in [1.165, 1.54) is 11.0 Å². The first kappa shape index (κ1) is 67.6. The first-order chi connectivity index (χ1) is 42.4. The molecule has 5 amide bonds. The number of piperazine rings is 1. The molecule has 89 heavy (non-hydrogen) atoms. The predicted octanol–water partition coefficient (Wildman–Crippen LogP) is 8.13. The van der Waals surface area contributed by atoms with Gasteiger partial charge in [0, 0.05) is 76.7 Å². The van der Waals surface area contributed by atoms with E-state index in [9.17, 15) is 34.2 Å². The zero-order valence-electron chi connectivity index (χ0n) is 52.0. The molecule has 6 aromatic rings. The SMILES string of the molecule is Cc1ncsc1-c1ccc([C@H](C)NC(=O)[C@@H]2C[C@@H](O)CN2C(=O)[C@@H](NC(=O)COCCOCCOCCOCCN(C)C(=O)CCNc2nc(N3CCN(C(=O)OC(C)(C)C)CC3)c3cc(Cl)c(-c4cc(O)cc5ccccc45)c(F)c3n2)C(C)(C)C)cc1. The summed E-state index contributed by atoms with van der Waals surface area (Å²) in [5.41, 5.74) is 3.69. The van der Waals surface area contributed by atoms with Crippen LogP contribution in [0.4, 0.5) is 21.0 Å². The van der Waals surface area contributed by atoms with Gasteiger partial charge in [0.2, 0.25) is 29.6 Å². The van der Waals surface area contributed by atoms with Crippen molar-refractivity contribution in [2.24, 2.45) is 5.41 Å². The number of fused-ring (bicyclic) bond motifs is 2. The number of phenolic OH excluding ortho intramolecular Hbond substituents is 1. The molecular formula is C64H82ClFN10O12S. The van der Waals surface area contributed by atoms with E-state index in [2.05, 4.69) is 25.9 Å². The lowest BCUT2D eigenvalue weighted by Gasteiger charge is -2.36. The molecule has 480 valence electrons. The number of rotatable bonds is 26. The number of carbonyl (C=O) groups excluding carboxylic acids is 5. The van der Waals surface area contributed by atoms with Crippen molar-refractivity contribution in [3.63, 3.8) is 0 Å². The molecule has 4 atom stereocenters. The van der Waals surface area contributed by atoms with Crippen LogP contribution < -0.4 is 20.9 Å². The minimum absolute atomic E-state index is 0.0173. The maximum absolute atomic E-state index is 17.1. The molecule has 4 aromatic carbocycles. The number of carbonyl (C=O) groups is 5. The minimum atomic E-state index is -1.01. The lowest BCUT2D eigenvalue weighted by molar-refractivity contribution is -0.144. The molecule has 2 aliphatic heterocycles. The van der Waals surface area contributed by atoms with Gasteiger partial charge in [-0.1, -0.05) is 80.9 Å². The standard InChI is InChI=1S/C64H82ClFN10O12S/c1-39(41-14-16-42(17-15-41)56-40(2)68-38-89-56)69-59(81)50-34-45(78)36-76(50)60(82)57(63(3,4)5)70-51(79)37-87-31-30-86-29-28-85-27-26-84-25-24-73(9)52(80)18-19-67-61-71-55-48(58(72-61)74-20-22-75(23-21-74)62(83)88-64(6,7)8)35-49(65)53(54(55)66)47-33-44(77)32-43-12-10-11-13-46(43)47/h10-17,32-33,35,38-39,45,50,57,77-78H,18-31,34,36-37H2,1-9H3,(H,69,81)(H,70,79)(H,67,71,72)/t39-,45+,50-,57+/m0/s1. The Labute approximate surface area is 527 Å². The van der Waals surface area contributed by atoms with Gasteiger partial charge in [0.25, 0.3) is 0 Å². The molecule has 5 N–H and O–H groups in total. The van der Waals surface area contributed by atoms with Gasteiger partial charge in [0.15, 0.2) is 5.82 Å². The largest absolute Gasteiger partial charge is 0.508 e. The molecule has 2 aromatic heterocycles. The lowest BCUT2D eigenvalue weighted by atomic mass is 9.85. The number of aliphatic hydroxyl groups excluding tert-OH is 1. The van der Waals surface area contributed by atoms with Crippen molar-refractivity contribution in [3.05, 3.63) is 94.3 Å². The third-order valence-corrected chi connectivity index (χ3v) is 16.5. The Morgan fingerprint density at radius 1 is 0.854 bits per heavy atom. The van der Waals surface area contributed by atoms with E-state index in [1.54, 1.807) is 66.6 Å². The quantitative estimate of drug-likeness (QED) is 0.0321. The second-order valence-electron chi connectivity index (χ2n) is 24.2. The third kappa shape index (κ3) is 18.0. The molecule has 0 unspecified atom stereocenters. The number of aliphatic hydroxyl groups is 1. The Bertz CT molecular complexity index is 3450. The highest BCUT2D eigenvalue weighted by atomic mass is 35.5. The van der Waals surface area contributed by atoms with Crippen LogP contribution in [0.1, 0.15) is 78.6 Å². The molecule has 8 rings (SSSR count). The number of nitrogens with zero attached hydrogens (tertiary/aromatic N) is 7. The van der Waals surface area contributed by atoms with E-state index in [-0.39, 0.29) is 119 Å². The number of likely N-dealkylation sites (tertiary alicyclic amines) is 1. The normalized spacial score (nSPS) is 16.2. The van der Waals surface area contributed by atoms with Crippen molar-refractivity contribution in [3.8, 4) is 27.3 Å². The second-order valence-corrected chi connectivity index (χ2v) is 25.5. The Hall–Kier alpha value is -7.32. The van der Waals surface area contributed by atoms with Gasteiger partial charge in [0.05, 0.1) is 79.5 Å². The van der Waals surface area contributed by atoms with Gasteiger partial charge in [0.1, 0.15) is 41.4 Å². The number of benzene rings is 4. The van der Waals surface area contributed by atoms with Gasteiger partial charge in [-0.2, -0.15) is 4.98 Å². The topological polar surface area (TPSA) is 260 Å². The number of amides is 5. The molecule has 2 saturated heterocycles. The number of nitrogens with one attached hydrogen (secondary N) is 3. The minimum Gasteiger partial charge on any atom is -0.508 e. The van der Waals surface area contributed by atoms with Crippen LogP contribution in [0, 0.1) is 18.2 Å². The van der Waals surface area contributed by atoms with E-state index in [0.29, 0.717) is 60.3 Å². The molecule has 2 fully saturated rings. The molecule has 2 aliphatic rings. The van der Waals surface area contributed by atoms with Crippen LogP contribution in [0.3, 0.4) is 0 Å². The number of phenols is 1. The summed E-state index contributed by atoms with van der Waals surface area (Å²) in [4.78, 5) is 88.3. The summed E-state index contributed by atoms with van der Waals surface area (Å²) < 4.78 is 45.2. The number of hydrogen-bond acceptors (Lipinski definition) is 18. The van der Waals surface area contributed by atoms with Gasteiger partial charge in [-0.3, -0.25) is 19.2 Å². The second kappa shape index (κ2) is 30.5. The Morgan fingerprint density at radius 3 is 2.17 bits per heavy atom. The molecule has 22 nitrogen and oxygen atoms in total. The molecule has 0 bridgehead atoms. The maximum Gasteiger partial charge on any atom is 0.410 e. The molecule has 0 spiro atoms. The van der Waals surface area contributed by atoms with Gasteiger partial charge >= 0.3 is 6.09 Å². The maximum atomic E-state index is 17.1. The molecule has 0 aliphatic carbocycles. The van der Waals surface area contributed by atoms with Crippen molar-refractivity contribution in [2.75, 3.05) is 116 Å². The first-order valence-corrected chi connectivity index (χ1v) is 31.1. The van der Waals surface area contributed by atoms with Crippen LogP contribution in [-0.4, -0.2) is 199 Å². The first-order valence-electron chi connectivity index (χ1n) is 29.9. The number of likely N-dealkylation sites (N-methyl/N-ethyl adjacent to an activating group) is 1. The van der Waals surface area contributed by atoms with Gasteiger partial charge in [-0.25, -0.2) is 19.2 Å². The number of hydrogen-bond donors (Lipinski definition) is 5. The third-order valence-electron chi connectivity index (χ3n) is 15.2. The fourth-order valence-electron chi connectivity index (χ4n) is 10.5. The lowest BCUT2D eigenvalue weighted by Crippen LogP contribution is -2.58. The smallest absolute Gasteiger partial charge is 0.410 e. The predicted molar refractivity (Wildman–Crippen MR) is 340 cm³/mol. The van der Waals surface area contributed by atoms with Crippen molar-refractivity contribution in [2.45, 2.75) is 98.1 Å². The highest BCUT2D eigenvalue weighted by molar-refractivity contribution is 7.13. The van der Waals surface area contributed by atoms with E-state index < -0.39 is 58.8 Å². The monoisotopic (exact) mass is 1270 g/mol. The number of aromatic nitrogens is 3. The highest BCUT2D eigenvalue weighted by Crippen LogP contribution is 2.43. The highest BCUT2D eigenvalue weighted by Gasteiger charge is 2.45. The summed E-state index contributed by atoms with van der Waals surface area (Å²) >= 11 is 8.48. The number of anilines is 2. The van der Waals surface area contributed by atoms with Crippen LogP contribution in [-0.2, 0) is 42.9 Å². The van der Waals surface area contributed by atoms with Crippen LogP contribution >= 0.6 is 22.9 Å². The van der Waals surface area contributed by atoms with Gasteiger partial charge in [-0.05, 0) is 85.7 Å². The fourth-order valence-corrected chi connectivity index (χ4v) is 11.6. The summed E-state index contributed by atoms with van der Waals surface area (Å²) in [7, 11) is 1.67. The van der Waals surface area contributed by atoms with Crippen molar-refractivity contribution in [1.82, 2.24) is 40.3 Å². The van der Waals surface area contributed by atoms with Crippen molar-refractivity contribution >= 4 is 86.1 Å². The number of aryl methyl sites for hydroxylation is 1. The number of aromatic hydroxyl groups is 1. The summed E-state index contributed by atoms with van der Waals surface area (Å²) in [6.45, 7) is 17.7. The van der Waals surface area contributed by atoms with Gasteiger partial charge < -0.3 is 69.4 Å². The zero-order chi connectivity index (χ0) is 64.2. The number of ether oxygens (including phenoxy) is 5. The summed E-state index contributed by atoms with van der Waals surface area (Å²) in [5.74, 6) is -1.86. The van der Waals surface area contributed by atoms with Crippen LogP contribution in [0.2, 0.25) is 5.02 Å². The Kier molecular flexibility index (Phi) is 23.1. The van der Waals surface area contributed by atoms with E-state index in [4.69, 9.17) is 40.3 Å². The zero-order valence-corrected chi connectivity index (χ0v) is 53.6. The van der Waals surface area contributed by atoms with Crippen LogP contribution in [0.15, 0.2) is 72.2 Å². The average Bonchev–Trinajstić information content (AvgIpc) is 1.45. The fraction of sp³-hybridized carbons (Fsp3) is 0.500. The van der Waals surface area contributed by atoms with E-state index in [1.807, 2.05) is 88.0 Å². The summed E-state index contributed by atoms with van der Waals surface area (Å²) in [6.07, 6.45) is -1.21. The van der Waals surface area contributed by atoms with E-state index in [0.717, 1.165) is 21.7 Å². The molecule has 25 heteroatoms. The molecule has 0 radical (unpaired) electrons. The average molecular weight is 1270 g/mol.